The Morgan fingerprint density at radius 3 is 2.21 bits per heavy atom. The average molecular weight is 498 g/mol. The fourth-order valence-corrected chi connectivity index (χ4v) is 6.08. The molecule has 2 amide bonds. The Balaban J connectivity index is 1.58. The molecule has 0 radical (unpaired) electrons. The van der Waals surface area contributed by atoms with E-state index in [1.807, 2.05) is 18.7 Å². The lowest BCUT2D eigenvalue weighted by molar-refractivity contribution is -0.141. The third-order valence-electron chi connectivity index (χ3n) is 7.07. The molecule has 33 heavy (non-hydrogen) atoms. The molecule has 1 saturated carbocycles. The number of amides is 2. The summed E-state index contributed by atoms with van der Waals surface area (Å²) in [4.78, 5) is 29.5. The standard InChI is InChI=1S/C24H36ClN3O4S/c1-3-18(2)23(26-33(31,32)21-11-9-20(25)10-12-21)24(30)28-16-14-27(15-17-28)22(29)13-8-19-6-4-5-7-19/h9-12,18-19,23,26H,3-8,13-17H2,1-2H3. The lowest BCUT2D eigenvalue weighted by Gasteiger charge is -2.37. The van der Waals surface area contributed by atoms with Crippen molar-refractivity contribution < 1.29 is 18.0 Å². The van der Waals surface area contributed by atoms with Crippen LogP contribution in [0.15, 0.2) is 29.2 Å². The third-order valence-corrected chi connectivity index (χ3v) is 8.78. The second-order valence-corrected chi connectivity index (χ2v) is 11.5. The number of benzene rings is 1. The summed E-state index contributed by atoms with van der Waals surface area (Å²) in [6.45, 7) is 5.63. The van der Waals surface area contributed by atoms with E-state index in [0.29, 0.717) is 50.0 Å². The molecule has 0 bridgehead atoms. The molecule has 7 nitrogen and oxygen atoms in total. The van der Waals surface area contributed by atoms with E-state index in [0.717, 1.165) is 6.42 Å². The summed E-state index contributed by atoms with van der Waals surface area (Å²) in [5.41, 5.74) is 0. The number of halogens is 1. The summed E-state index contributed by atoms with van der Waals surface area (Å²) < 4.78 is 28.4. The van der Waals surface area contributed by atoms with Crippen LogP contribution in [0.3, 0.4) is 0 Å². The average Bonchev–Trinajstić information content (AvgIpc) is 3.34. The van der Waals surface area contributed by atoms with Gasteiger partial charge in [-0.25, -0.2) is 8.42 Å². The van der Waals surface area contributed by atoms with Crippen molar-refractivity contribution in [1.29, 1.82) is 0 Å². The molecule has 1 N–H and O–H groups in total. The lowest BCUT2D eigenvalue weighted by atomic mass is 9.98. The van der Waals surface area contributed by atoms with Gasteiger partial charge in [0, 0.05) is 37.6 Å². The molecule has 3 rings (SSSR count). The smallest absolute Gasteiger partial charge is 0.241 e. The molecule has 1 aromatic rings. The number of hydrogen-bond donors (Lipinski definition) is 1. The molecule has 1 heterocycles. The monoisotopic (exact) mass is 497 g/mol. The van der Waals surface area contributed by atoms with E-state index >= 15 is 0 Å². The number of carbonyl (C=O) groups is 2. The summed E-state index contributed by atoms with van der Waals surface area (Å²) >= 11 is 5.88. The van der Waals surface area contributed by atoms with Gasteiger partial charge in [-0.2, -0.15) is 4.72 Å². The summed E-state index contributed by atoms with van der Waals surface area (Å²) in [5.74, 6) is 0.434. The van der Waals surface area contributed by atoms with Crippen molar-refractivity contribution in [3.63, 3.8) is 0 Å². The zero-order valence-corrected chi connectivity index (χ0v) is 21.2. The number of piperazine rings is 1. The zero-order valence-electron chi connectivity index (χ0n) is 19.6. The Hall–Kier alpha value is -1.64. The molecular formula is C24H36ClN3O4S. The van der Waals surface area contributed by atoms with Gasteiger partial charge in [0.25, 0.3) is 0 Å². The minimum absolute atomic E-state index is 0.0747. The highest BCUT2D eigenvalue weighted by Crippen LogP contribution is 2.28. The fourth-order valence-electron chi connectivity index (χ4n) is 4.65. The molecule has 1 aliphatic heterocycles. The summed E-state index contributed by atoms with van der Waals surface area (Å²) in [5, 5.41) is 0.444. The van der Waals surface area contributed by atoms with Gasteiger partial charge in [-0.05, 0) is 42.5 Å². The Morgan fingerprint density at radius 2 is 1.64 bits per heavy atom. The predicted molar refractivity (Wildman–Crippen MR) is 129 cm³/mol. The predicted octanol–water partition coefficient (Wildman–Crippen LogP) is 3.67. The highest BCUT2D eigenvalue weighted by Gasteiger charge is 2.34. The zero-order chi connectivity index (χ0) is 24.0. The van der Waals surface area contributed by atoms with E-state index in [1.165, 1.54) is 49.9 Å². The van der Waals surface area contributed by atoms with Gasteiger partial charge in [-0.15, -0.1) is 0 Å². The van der Waals surface area contributed by atoms with Crippen LogP contribution in [-0.2, 0) is 19.6 Å². The summed E-state index contributed by atoms with van der Waals surface area (Å²) in [6.07, 6.45) is 7.21. The van der Waals surface area contributed by atoms with E-state index in [-0.39, 0.29) is 22.6 Å². The van der Waals surface area contributed by atoms with Gasteiger partial charge >= 0.3 is 0 Å². The van der Waals surface area contributed by atoms with Gasteiger partial charge in [0.05, 0.1) is 4.90 Å². The Labute approximate surface area is 202 Å². The maximum atomic E-state index is 13.3. The van der Waals surface area contributed by atoms with Gasteiger partial charge in [0.1, 0.15) is 6.04 Å². The number of rotatable bonds is 9. The van der Waals surface area contributed by atoms with Crippen LogP contribution in [0.1, 0.15) is 58.8 Å². The molecule has 2 atom stereocenters. The van der Waals surface area contributed by atoms with Crippen LogP contribution in [0.2, 0.25) is 5.02 Å². The molecule has 2 aliphatic rings. The Morgan fingerprint density at radius 1 is 1.06 bits per heavy atom. The van der Waals surface area contributed by atoms with Crippen LogP contribution < -0.4 is 4.72 Å². The molecular weight excluding hydrogens is 462 g/mol. The fraction of sp³-hybridized carbons (Fsp3) is 0.667. The number of nitrogens with zero attached hydrogens (tertiary/aromatic N) is 2. The van der Waals surface area contributed by atoms with Crippen molar-refractivity contribution in [2.24, 2.45) is 11.8 Å². The molecule has 1 aromatic carbocycles. The second-order valence-electron chi connectivity index (χ2n) is 9.33. The minimum Gasteiger partial charge on any atom is -0.339 e. The van der Waals surface area contributed by atoms with Crippen molar-refractivity contribution in [1.82, 2.24) is 14.5 Å². The molecule has 2 unspecified atom stereocenters. The van der Waals surface area contributed by atoms with Crippen molar-refractivity contribution in [2.75, 3.05) is 26.2 Å². The van der Waals surface area contributed by atoms with Gasteiger partial charge in [-0.1, -0.05) is 57.6 Å². The number of nitrogens with one attached hydrogen (secondary N) is 1. The highest BCUT2D eigenvalue weighted by molar-refractivity contribution is 7.89. The lowest BCUT2D eigenvalue weighted by Crippen LogP contribution is -2.57. The van der Waals surface area contributed by atoms with E-state index in [4.69, 9.17) is 11.6 Å². The largest absolute Gasteiger partial charge is 0.339 e. The first kappa shape index (κ1) is 26.0. The molecule has 9 heteroatoms. The molecule has 184 valence electrons. The third kappa shape index (κ3) is 6.93. The van der Waals surface area contributed by atoms with Crippen LogP contribution >= 0.6 is 11.6 Å². The number of carbonyl (C=O) groups excluding carboxylic acids is 2. The molecule has 1 saturated heterocycles. The van der Waals surface area contributed by atoms with Gasteiger partial charge in [0.15, 0.2) is 0 Å². The van der Waals surface area contributed by atoms with Crippen molar-refractivity contribution >= 4 is 33.4 Å². The van der Waals surface area contributed by atoms with Gasteiger partial charge in [0.2, 0.25) is 21.8 Å². The SMILES string of the molecule is CCC(C)C(NS(=O)(=O)c1ccc(Cl)cc1)C(=O)N1CCN(C(=O)CCC2CCCC2)CC1. The van der Waals surface area contributed by atoms with Crippen LogP contribution in [0.25, 0.3) is 0 Å². The van der Waals surface area contributed by atoms with E-state index in [9.17, 15) is 18.0 Å². The first-order valence-corrected chi connectivity index (χ1v) is 13.9. The first-order chi connectivity index (χ1) is 15.7. The molecule has 2 fully saturated rings. The maximum absolute atomic E-state index is 13.3. The van der Waals surface area contributed by atoms with Crippen LogP contribution in [0.4, 0.5) is 0 Å². The van der Waals surface area contributed by atoms with Crippen molar-refractivity contribution in [3.8, 4) is 0 Å². The topological polar surface area (TPSA) is 86.8 Å². The van der Waals surface area contributed by atoms with Crippen LogP contribution in [0.5, 0.6) is 0 Å². The Bertz CT molecular complexity index is 908. The van der Waals surface area contributed by atoms with E-state index < -0.39 is 16.1 Å². The van der Waals surface area contributed by atoms with Crippen LogP contribution in [-0.4, -0.2) is 62.3 Å². The first-order valence-electron chi connectivity index (χ1n) is 12.1. The Kier molecular flexibility index (Phi) is 9.18. The minimum atomic E-state index is -3.88. The van der Waals surface area contributed by atoms with Crippen molar-refractivity contribution in [2.45, 2.75) is 69.7 Å². The summed E-state index contributed by atoms with van der Waals surface area (Å²) in [7, 11) is -3.88. The normalized spacial score (nSPS) is 19.5. The maximum Gasteiger partial charge on any atom is 0.241 e. The second kappa shape index (κ2) is 11.7. The van der Waals surface area contributed by atoms with Gasteiger partial charge in [-0.3, -0.25) is 9.59 Å². The summed E-state index contributed by atoms with van der Waals surface area (Å²) in [6, 6.07) is 5.02. The van der Waals surface area contributed by atoms with Crippen LogP contribution in [0, 0.1) is 11.8 Å². The highest BCUT2D eigenvalue weighted by atomic mass is 35.5. The number of sulfonamides is 1. The molecule has 1 aliphatic carbocycles. The number of hydrogen-bond acceptors (Lipinski definition) is 4. The van der Waals surface area contributed by atoms with Crippen molar-refractivity contribution in [3.05, 3.63) is 29.3 Å². The molecule has 0 spiro atoms. The van der Waals surface area contributed by atoms with Gasteiger partial charge < -0.3 is 9.80 Å². The quantitative estimate of drug-likeness (QED) is 0.564. The van der Waals surface area contributed by atoms with E-state index in [1.54, 1.807) is 4.90 Å². The van der Waals surface area contributed by atoms with E-state index in [2.05, 4.69) is 4.72 Å². The molecule has 0 aromatic heterocycles.